The summed E-state index contributed by atoms with van der Waals surface area (Å²) in [6.45, 7) is 7.84. The number of amides is 1. The van der Waals surface area contributed by atoms with Crippen molar-refractivity contribution in [1.82, 2.24) is 5.32 Å². The van der Waals surface area contributed by atoms with E-state index in [-0.39, 0.29) is 17.4 Å². The van der Waals surface area contributed by atoms with Gasteiger partial charge in [0.25, 0.3) is 0 Å². The van der Waals surface area contributed by atoms with Crippen LogP contribution in [-0.4, -0.2) is 24.5 Å². The first-order valence-corrected chi connectivity index (χ1v) is 7.28. The van der Waals surface area contributed by atoms with E-state index < -0.39 is 0 Å². The number of hydrogen-bond donors (Lipinski definition) is 2. The number of carbonyl (C=O) groups is 1. The van der Waals surface area contributed by atoms with Gasteiger partial charge in [0.15, 0.2) is 0 Å². The van der Waals surface area contributed by atoms with E-state index in [2.05, 4.69) is 10.2 Å². The number of nitrogens with two attached hydrogens (primary N) is 1. The standard InChI is InChI=1S/C16H25N3O/c1-16(2,3)18-15(20)12-5-4-10-19(11-12)14-8-6-13(17)7-9-14/h6-9,12H,4-5,10-11,17H2,1-3H3,(H,18,20). The Morgan fingerprint density at radius 1 is 1.30 bits per heavy atom. The van der Waals surface area contributed by atoms with E-state index in [1.807, 2.05) is 45.0 Å². The highest BCUT2D eigenvalue weighted by atomic mass is 16.2. The lowest BCUT2D eigenvalue weighted by atomic mass is 9.95. The van der Waals surface area contributed by atoms with Crippen molar-refractivity contribution in [2.45, 2.75) is 39.2 Å². The molecule has 110 valence electrons. The van der Waals surface area contributed by atoms with E-state index in [4.69, 9.17) is 5.73 Å². The summed E-state index contributed by atoms with van der Waals surface area (Å²) >= 11 is 0. The number of benzene rings is 1. The van der Waals surface area contributed by atoms with Gasteiger partial charge >= 0.3 is 0 Å². The van der Waals surface area contributed by atoms with E-state index in [1.165, 1.54) is 0 Å². The predicted molar refractivity (Wildman–Crippen MR) is 83.7 cm³/mol. The maximum absolute atomic E-state index is 12.3. The van der Waals surface area contributed by atoms with Crippen molar-refractivity contribution >= 4 is 17.3 Å². The molecular weight excluding hydrogens is 250 g/mol. The van der Waals surface area contributed by atoms with Crippen molar-refractivity contribution in [3.8, 4) is 0 Å². The molecule has 0 aliphatic carbocycles. The predicted octanol–water partition coefficient (Wildman–Crippen LogP) is 2.40. The Morgan fingerprint density at radius 3 is 2.55 bits per heavy atom. The summed E-state index contributed by atoms with van der Waals surface area (Å²) in [6, 6.07) is 7.88. The molecule has 1 aliphatic heterocycles. The third-order valence-corrected chi connectivity index (χ3v) is 3.55. The number of hydrogen-bond acceptors (Lipinski definition) is 3. The lowest BCUT2D eigenvalue weighted by Gasteiger charge is -2.35. The molecule has 0 aromatic heterocycles. The van der Waals surface area contributed by atoms with Gasteiger partial charge in [-0.05, 0) is 57.9 Å². The molecule has 1 aromatic rings. The van der Waals surface area contributed by atoms with Gasteiger partial charge in [0.05, 0.1) is 5.92 Å². The maximum Gasteiger partial charge on any atom is 0.225 e. The minimum absolute atomic E-state index is 0.0699. The van der Waals surface area contributed by atoms with Crippen molar-refractivity contribution in [3.63, 3.8) is 0 Å². The lowest BCUT2D eigenvalue weighted by Crippen LogP contribution is -2.48. The van der Waals surface area contributed by atoms with E-state index in [1.54, 1.807) is 0 Å². The fourth-order valence-corrected chi connectivity index (χ4v) is 2.58. The number of nitrogens with one attached hydrogen (secondary N) is 1. The molecule has 20 heavy (non-hydrogen) atoms. The fourth-order valence-electron chi connectivity index (χ4n) is 2.58. The molecule has 1 fully saturated rings. The van der Waals surface area contributed by atoms with Gasteiger partial charge in [-0.25, -0.2) is 0 Å². The zero-order chi connectivity index (χ0) is 14.8. The lowest BCUT2D eigenvalue weighted by molar-refractivity contribution is -0.126. The molecule has 1 atom stereocenters. The fraction of sp³-hybridized carbons (Fsp3) is 0.562. The maximum atomic E-state index is 12.3. The monoisotopic (exact) mass is 275 g/mol. The van der Waals surface area contributed by atoms with Crippen LogP contribution in [0, 0.1) is 5.92 Å². The Labute approximate surface area is 121 Å². The first kappa shape index (κ1) is 14.7. The second-order valence-corrected chi connectivity index (χ2v) is 6.62. The van der Waals surface area contributed by atoms with Crippen LogP contribution in [0.5, 0.6) is 0 Å². The van der Waals surface area contributed by atoms with Crippen molar-refractivity contribution in [3.05, 3.63) is 24.3 Å². The van der Waals surface area contributed by atoms with Crippen LogP contribution in [0.2, 0.25) is 0 Å². The molecule has 4 heteroatoms. The van der Waals surface area contributed by atoms with Gasteiger partial charge in [-0.2, -0.15) is 0 Å². The average molecular weight is 275 g/mol. The molecule has 0 spiro atoms. The summed E-state index contributed by atoms with van der Waals surface area (Å²) < 4.78 is 0. The molecule has 1 unspecified atom stereocenters. The second kappa shape index (κ2) is 5.73. The molecule has 1 aliphatic rings. The van der Waals surface area contributed by atoms with Crippen molar-refractivity contribution in [1.29, 1.82) is 0 Å². The van der Waals surface area contributed by atoms with E-state index in [0.717, 1.165) is 37.3 Å². The van der Waals surface area contributed by atoms with E-state index >= 15 is 0 Å². The number of anilines is 2. The van der Waals surface area contributed by atoms with Crippen molar-refractivity contribution < 1.29 is 4.79 Å². The average Bonchev–Trinajstić information content (AvgIpc) is 2.38. The Kier molecular flexibility index (Phi) is 4.21. The summed E-state index contributed by atoms with van der Waals surface area (Å²) in [7, 11) is 0. The van der Waals surface area contributed by atoms with Crippen LogP contribution in [0.3, 0.4) is 0 Å². The molecule has 1 heterocycles. The molecule has 0 radical (unpaired) electrons. The van der Waals surface area contributed by atoms with Crippen molar-refractivity contribution in [2.75, 3.05) is 23.7 Å². The highest BCUT2D eigenvalue weighted by molar-refractivity contribution is 5.80. The normalized spacial score (nSPS) is 19.8. The zero-order valence-electron chi connectivity index (χ0n) is 12.6. The van der Waals surface area contributed by atoms with Gasteiger partial charge < -0.3 is 16.0 Å². The van der Waals surface area contributed by atoms with Gasteiger partial charge in [-0.15, -0.1) is 0 Å². The number of rotatable bonds is 2. The highest BCUT2D eigenvalue weighted by Gasteiger charge is 2.28. The summed E-state index contributed by atoms with van der Waals surface area (Å²) in [4.78, 5) is 14.6. The van der Waals surface area contributed by atoms with Gasteiger partial charge in [0, 0.05) is 30.0 Å². The Hall–Kier alpha value is -1.71. The van der Waals surface area contributed by atoms with Gasteiger partial charge in [-0.3, -0.25) is 4.79 Å². The molecular formula is C16H25N3O. The van der Waals surface area contributed by atoms with Crippen LogP contribution in [0.1, 0.15) is 33.6 Å². The second-order valence-electron chi connectivity index (χ2n) is 6.62. The minimum atomic E-state index is -0.166. The summed E-state index contributed by atoms with van der Waals surface area (Å²) in [5.41, 5.74) is 7.47. The summed E-state index contributed by atoms with van der Waals surface area (Å²) in [6.07, 6.45) is 2.01. The first-order chi connectivity index (χ1) is 9.35. The number of nitrogens with zero attached hydrogens (tertiary/aromatic N) is 1. The van der Waals surface area contributed by atoms with Gasteiger partial charge in [-0.1, -0.05) is 0 Å². The summed E-state index contributed by atoms with van der Waals surface area (Å²) in [5.74, 6) is 0.234. The van der Waals surface area contributed by atoms with Crippen LogP contribution in [0.4, 0.5) is 11.4 Å². The zero-order valence-corrected chi connectivity index (χ0v) is 12.6. The largest absolute Gasteiger partial charge is 0.399 e. The van der Waals surface area contributed by atoms with Crippen LogP contribution >= 0.6 is 0 Å². The first-order valence-electron chi connectivity index (χ1n) is 7.28. The third-order valence-electron chi connectivity index (χ3n) is 3.55. The van der Waals surface area contributed by atoms with Crippen LogP contribution < -0.4 is 16.0 Å². The number of nitrogen functional groups attached to an aromatic ring is 1. The number of piperidine rings is 1. The van der Waals surface area contributed by atoms with E-state index in [9.17, 15) is 4.79 Å². The quantitative estimate of drug-likeness (QED) is 0.815. The Morgan fingerprint density at radius 2 is 1.95 bits per heavy atom. The molecule has 4 nitrogen and oxygen atoms in total. The van der Waals surface area contributed by atoms with Crippen LogP contribution in [-0.2, 0) is 4.79 Å². The molecule has 1 saturated heterocycles. The SMILES string of the molecule is CC(C)(C)NC(=O)C1CCCN(c2ccc(N)cc2)C1. The Bertz CT molecular complexity index is 462. The molecule has 2 rings (SSSR count). The number of carbonyl (C=O) groups excluding carboxylic acids is 1. The molecule has 1 amide bonds. The highest BCUT2D eigenvalue weighted by Crippen LogP contribution is 2.24. The Balaban J connectivity index is 2.01. The third kappa shape index (κ3) is 3.89. The summed E-state index contributed by atoms with van der Waals surface area (Å²) in [5, 5.41) is 3.08. The van der Waals surface area contributed by atoms with Gasteiger partial charge in [0.2, 0.25) is 5.91 Å². The smallest absolute Gasteiger partial charge is 0.225 e. The molecule has 1 aromatic carbocycles. The van der Waals surface area contributed by atoms with Gasteiger partial charge in [0.1, 0.15) is 0 Å². The van der Waals surface area contributed by atoms with E-state index in [0.29, 0.717) is 0 Å². The van der Waals surface area contributed by atoms with Crippen molar-refractivity contribution in [2.24, 2.45) is 5.92 Å². The van der Waals surface area contributed by atoms with Crippen LogP contribution in [0.15, 0.2) is 24.3 Å². The molecule has 0 bridgehead atoms. The minimum Gasteiger partial charge on any atom is -0.399 e. The van der Waals surface area contributed by atoms with Crippen LogP contribution in [0.25, 0.3) is 0 Å². The topological polar surface area (TPSA) is 58.4 Å². The molecule has 0 saturated carbocycles. The molecule has 3 N–H and O–H groups in total.